The van der Waals surface area contributed by atoms with Gasteiger partial charge in [-0.25, -0.2) is 4.79 Å². The molecule has 1 aromatic carbocycles. The molecule has 3 rings (SSSR count). The highest BCUT2D eigenvalue weighted by atomic mass is 16.5. The fourth-order valence-electron chi connectivity index (χ4n) is 3.75. The number of fused-ring (bicyclic) bond motifs is 1. The first-order valence-electron chi connectivity index (χ1n) is 11.8. The molecular formula is C23H33N7O5. The molecule has 12 heteroatoms. The molecule has 35 heavy (non-hydrogen) atoms. The van der Waals surface area contributed by atoms with Crippen molar-refractivity contribution in [2.45, 2.75) is 45.9 Å². The number of nitrogens with one attached hydrogen (secondary N) is 4. The Morgan fingerprint density at radius 1 is 0.971 bits per heavy atom. The summed E-state index contributed by atoms with van der Waals surface area (Å²) in [4.78, 5) is 48.7. The Balaban J connectivity index is 1.61. The van der Waals surface area contributed by atoms with Gasteiger partial charge >= 0.3 is 5.69 Å². The number of rotatable bonds is 12. The SMILES string of the molecule is CCCn1c2c(c(=O)n(CCC)c1=O)NC(c1ccc(OCC(=O)NCCNC(=O)CN)cc1)N2. The Bertz CT molecular complexity index is 1160. The van der Waals surface area contributed by atoms with E-state index in [1.54, 1.807) is 16.7 Å². The number of hydrogen-bond donors (Lipinski definition) is 5. The zero-order valence-electron chi connectivity index (χ0n) is 20.1. The number of aromatic nitrogens is 2. The van der Waals surface area contributed by atoms with Gasteiger partial charge in [0.15, 0.2) is 6.61 Å². The van der Waals surface area contributed by atoms with E-state index in [1.165, 1.54) is 4.57 Å². The van der Waals surface area contributed by atoms with E-state index in [1.807, 2.05) is 26.0 Å². The quantitative estimate of drug-likeness (QED) is 0.260. The van der Waals surface area contributed by atoms with Crippen LogP contribution in [0.1, 0.15) is 38.4 Å². The van der Waals surface area contributed by atoms with Gasteiger partial charge in [0.2, 0.25) is 5.91 Å². The van der Waals surface area contributed by atoms with Crippen molar-refractivity contribution in [1.29, 1.82) is 0 Å². The molecule has 0 bridgehead atoms. The molecule has 0 spiro atoms. The monoisotopic (exact) mass is 487 g/mol. The molecule has 6 N–H and O–H groups in total. The molecule has 2 heterocycles. The van der Waals surface area contributed by atoms with Gasteiger partial charge in [-0.15, -0.1) is 0 Å². The van der Waals surface area contributed by atoms with E-state index in [-0.39, 0.29) is 49.3 Å². The van der Waals surface area contributed by atoms with Gasteiger partial charge in [-0.1, -0.05) is 26.0 Å². The maximum absolute atomic E-state index is 12.9. The van der Waals surface area contributed by atoms with Crippen molar-refractivity contribution >= 4 is 23.3 Å². The molecule has 1 aliphatic heterocycles. The normalized spacial score (nSPS) is 14.0. The van der Waals surface area contributed by atoms with Crippen molar-refractivity contribution in [2.24, 2.45) is 5.73 Å². The third kappa shape index (κ3) is 6.21. The third-order valence-corrected chi connectivity index (χ3v) is 5.43. The van der Waals surface area contributed by atoms with Crippen molar-refractivity contribution in [3.63, 3.8) is 0 Å². The number of benzene rings is 1. The molecule has 1 aromatic heterocycles. The lowest BCUT2D eigenvalue weighted by molar-refractivity contribution is -0.123. The van der Waals surface area contributed by atoms with Crippen LogP contribution in [-0.2, 0) is 22.7 Å². The first-order valence-corrected chi connectivity index (χ1v) is 11.8. The summed E-state index contributed by atoms with van der Waals surface area (Å²) in [5, 5.41) is 11.7. The average molecular weight is 488 g/mol. The number of nitrogens with two attached hydrogens (primary N) is 1. The summed E-state index contributed by atoms with van der Waals surface area (Å²) in [6.07, 6.45) is 1.05. The molecule has 1 aliphatic rings. The number of nitrogens with zero attached hydrogens (tertiary/aromatic N) is 2. The highest BCUT2D eigenvalue weighted by Crippen LogP contribution is 2.32. The molecule has 0 aliphatic carbocycles. The van der Waals surface area contributed by atoms with Crippen LogP contribution < -0.4 is 43.0 Å². The van der Waals surface area contributed by atoms with E-state index in [9.17, 15) is 19.2 Å². The molecule has 190 valence electrons. The maximum atomic E-state index is 12.9. The molecule has 1 atom stereocenters. The highest BCUT2D eigenvalue weighted by molar-refractivity contribution is 5.78. The van der Waals surface area contributed by atoms with Crippen molar-refractivity contribution < 1.29 is 14.3 Å². The summed E-state index contributed by atoms with van der Waals surface area (Å²) in [5.74, 6) is 0.399. The minimum Gasteiger partial charge on any atom is -0.484 e. The van der Waals surface area contributed by atoms with Gasteiger partial charge < -0.3 is 31.7 Å². The van der Waals surface area contributed by atoms with Crippen LogP contribution in [0.25, 0.3) is 0 Å². The smallest absolute Gasteiger partial charge is 0.332 e. The summed E-state index contributed by atoms with van der Waals surface area (Å²) in [6, 6.07) is 7.09. The summed E-state index contributed by atoms with van der Waals surface area (Å²) in [6.45, 7) is 5.06. The second-order valence-electron chi connectivity index (χ2n) is 8.10. The largest absolute Gasteiger partial charge is 0.484 e. The summed E-state index contributed by atoms with van der Waals surface area (Å²) < 4.78 is 8.40. The van der Waals surface area contributed by atoms with Gasteiger partial charge in [0, 0.05) is 26.2 Å². The van der Waals surface area contributed by atoms with E-state index in [2.05, 4.69) is 21.3 Å². The van der Waals surface area contributed by atoms with Gasteiger partial charge in [0.1, 0.15) is 23.4 Å². The summed E-state index contributed by atoms with van der Waals surface area (Å²) in [5.41, 5.74) is 5.78. The Hall–Kier alpha value is -3.80. The molecule has 12 nitrogen and oxygen atoms in total. The highest BCUT2D eigenvalue weighted by Gasteiger charge is 2.29. The predicted octanol–water partition coefficient (Wildman–Crippen LogP) is -0.0639. The number of ether oxygens (including phenoxy) is 1. The third-order valence-electron chi connectivity index (χ3n) is 5.43. The van der Waals surface area contributed by atoms with Gasteiger partial charge in [-0.2, -0.15) is 0 Å². The van der Waals surface area contributed by atoms with Crippen LogP contribution in [0.15, 0.2) is 33.9 Å². The number of carbonyl (C=O) groups excluding carboxylic acids is 2. The minimum absolute atomic E-state index is 0.0969. The molecule has 0 saturated carbocycles. The first-order chi connectivity index (χ1) is 16.9. The minimum atomic E-state index is -0.390. The van der Waals surface area contributed by atoms with Gasteiger partial charge in [0.05, 0.1) is 6.54 Å². The second kappa shape index (κ2) is 12.1. The molecule has 1 unspecified atom stereocenters. The van der Waals surface area contributed by atoms with E-state index in [4.69, 9.17) is 10.5 Å². The van der Waals surface area contributed by atoms with Crippen molar-refractivity contribution in [3.05, 3.63) is 50.7 Å². The average Bonchev–Trinajstić information content (AvgIpc) is 3.31. The summed E-state index contributed by atoms with van der Waals surface area (Å²) in [7, 11) is 0. The van der Waals surface area contributed by atoms with Crippen LogP contribution in [0.2, 0.25) is 0 Å². The zero-order valence-corrected chi connectivity index (χ0v) is 20.1. The Morgan fingerprint density at radius 2 is 1.60 bits per heavy atom. The number of carbonyl (C=O) groups is 2. The number of amides is 2. The van der Waals surface area contributed by atoms with Gasteiger partial charge in [-0.3, -0.25) is 23.5 Å². The van der Waals surface area contributed by atoms with Gasteiger partial charge in [-0.05, 0) is 30.5 Å². The molecule has 0 radical (unpaired) electrons. The van der Waals surface area contributed by atoms with Crippen LogP contribution in [0.3, 0.4) is 0 Å². The standard InChI is InChI=1S/C23H33N7O5/c1-3-11-29-21-19(22(33)30(12-4-2)23(29)34)27-20(28-21)15-5-7-16(8-6-15)35-14-18(32)26-10-9-25-17(31)13-24/h5-8,20,27-28H,3-4,9-14,24H2,1-2H3,(H,25,31)(H,26,32). The lowest BCUT2D eigenvalue weighted by Gasteiger charge is -2.15. The van der Waals surface area contributed by atoms with Crippen LogP contribution in [-0.4, -0.2) is 47.2 Å². The van der Waals surface area contributed by atoms with Crippen LogP contribution in [0.4, 0.5) is 11.5 Å². The molecule has 0 fully saturated rings. The molecule has 2 amide bonds. The predicted molar refractivity (Wildman–Crippen MR) is 133 cm³/mol. The van der Waals surface area contributed by atoms with Crippen LogP contribution >= 0.6 is 0 Å². The van der Waals surface area contributed by atoms with Crippen molar-refractivity contribution in [3.8, 4) is 5.75 Å². The number of hydrogen-bond acceptors (Lipinski definition) is 8. The number of anilines is 2. The first kappa shape index (κ1) is 25.8. The molecule has 2 aromatic rings. The van der Waals surface area contributed by atoms with Gasteiger partial charge in [0.25, 0.3) is 11.5 Å². The van der Waals surface area contributed by atoms with Crippen molar-refractivity contribution in [1.82, 2.24) is 19.8 Å². The Kier molecular flexibility index (Phi) is 8.90. The van der Waals surface area contributed by atoms with Crippen LogP contribution in [0, 0.1) is 0 Å². The Labute approximate surface area is 202 Å². The van der Waals surface area contributed by atoms with Crippen molar-refractivity contribution in [2.75, 3.05) is 36.9 Å². The van der Waals surface area contributed by atoms with E-state index >= 15 is 0 Å². The zero-order chi connectivity index (χ0) is 25.4. The maximum Gasteiger partial charge on any atom is 0.332 e. The topological polar surface area (TPSA) is 162 Å². The van der Waals surface area contributed by atoms with Crippen LogP contribution in [0.5, 0.6) is 5.75 Å². The Morgan fingerprint density at radius 3 is 2.23 bits per heavy atom. The molecular weight excluding hydrogens is 454 g/mol. The fourth-order valence-corrected chi connectivity index (χ4v) is 3.75. The second-order valence-corrected chi connectivity index (χ2v) is 8.10. The lowest BCUT2D eigenvalue weighted by Crippen LogP contribution is -2.40. The molecule has 0 saturated heterocycles. The van der Waals surface area contributed by atoms with E-state index in [0.29, 0.717) is 36.8 Å². The van der Waals surface area contributed by atoms with E-state index in [0.717, 1.165) is 12.0 Å². The fraction of sp³-hybridized carbons (Fsp3) is 0.478. The summed E-state index contributed by atoms with van der Waals surface area (Å²) >= 11 is 0. The van der Waals surface area contributed by atoms with E-state index < -0.39 is 6.17 Å². The lowest BCUT2D eigenvalue weighted by atomic mass is 10.1.